The fourth-order valence-corrected chi connectivity index (χ4v) is 3.82. The number of carboxylic acids is 1. The lowest BCUT2D eigenvalue weighted by Crippen LogP contribution is -2.17. The Hall–Kier alpha value is -0.530. The summed E-state index contributed by atoms with van der Waals surface area (Å²) >= 11 is 0. The van der Waals surface area contributed by atoms with Gasteiger partial charge in [0, 0.05) is 0 Å². The number of carbonyl (C=O) groups is 1. The van der Waals surface area contributed by atoms with Crippen LogP contribution in [0.15, 0.2) is 0 Å². The molecule has 0 aromatic rings. The van der Waals surface area contributed by atoms with E-state index in [9.17, 15) is 4.79 Å². The first kappa shape index (κ1) is 6.93. The molecular formula is C10H14O2. The Bertz CT molecular complexity index is 248. The standard InChI is InChI=1S/C10H14O2/c11-9(12)8-5-10(8)4-6-1-2-7(10)3-6/h6-8H,1-5H2,(H,11,12). The third-order valence-corrected chi connectivity index (χ3v) is 4.44. The summed E-state index contributed by atoms with van der Waals surface area (Å²) in [5.41, 5.74) is 0.300. The zero-order valence-electron chi connectivity index (χ0n) is 7.12. The molecule has 1 spiro atoms. The normalized spacial score (nSPS) is 54.8. The lowest BCUT2D eigenvalue weighted by molar-refractivity contribution is -0.139. The maximum atomic E-state index is 10.8. The zero-order chi connectivity index (χ0) is 8.34. The lowest BCUT2D eigenvalue weighted by atomic mass is 9.84. The number of hydrogen-bond donors (Lipinski definition) is 1. The Morgan fingerprint density at radius 2 is 2.17 bits per heavy atom. The van der Waals surface area contributed by atoms with Crippen molar-refractivity contribution in [3.8, 4) is 0 Å². The molecule has 3 fully saturated rings. The smallest absolute Gasteiger partial charge is 0.307 e. The van der Waals surface area contributed by atoms with Crippen molar-refractivity contribution >= 4 is 5.97 Å². The molecule has 2 nitrogen and oxygen atoms in total. The van der Waals surface area contributed by atoms with Gasteiger partial charge < -0.3 is 5.11 Å². The van der Waals surface area contributed by atoms with Crippen molar-refractivity contribution in [2.24, 2.45) is 23.2 Å². The molecule has 0 amide bonds. The van der Waals surface area contributed by atoms with Crippen molar-refractivity contribution in [2.45, 2.75) is 32.1 Å². The van der Waals surface area contributed by atoms with Crippen molar-refractivity contribution in [2.75, 3.05) is 0 Å². The minimum absolute atomic E-state index is 0.0350. The van der Waals surface area contributed by atoms with Gasteiger partial charge in [-0.2, -0.15) is 0 Å². The molecule has 3 rings (SSSR count). The fourth-order valence-electron chi connectivity index (χ4n) is 3.82. The van der Waals surface area contributed by atoms with Crippen LogP contribution in [0.5, 0.6) is 0 Å². The fraction of sp³-hybridized carbons (Fsp3) is 0.900. The molecule has 1 N–H and O–H groups in total. The predicted octanol–water partition coefficient (Wildman–Crippen LogP) is 1.90. The van der Waals surface area contributed by atoms with Crippen molar-refractivity contribution in [1.29, 1.82) is 0 Å². The van der Waals surface area contributed by atoms with E-state index in [1.165, 1.54) is 25.7 Å². The summed E-state index contributed by atoms with van der Waals surface area (Å²) in [7, 11) is 0. The molecule has 4 atom stereocenters. The average Bonchev–Trinajstić information content (AvgIpc) is 2.39. The summed E-state index contributed by atoms with van der Waals surface area (Å²) in [6, 6.07) is 0. The second kappa shape index (κ2) is 1.86. The summed E-state index contributed by atoms with van der Waals surface area (Å²) in [6.07, 6.45) is 6.25. The quantitative estimate of drug-likeness (QED) is 0.646. The van der Waals surface area contributed by atoms with Crippen LogP contribution in [0.2, 0.25) is 0 Å². The van der Waals surface area contributed by atoms with Crippen LogP contribution in [0.25, 0.3) is 0 Å². The van der Waals surface area contributed by atoms with Gasteiger partial charge in [0.1, 0.15) is 0 Å². The van der Waals surface area contributed by atoms with Crippen molar-refractivity contribution in [3.63, 3.8) is 0 Å². The van der Waals surface area contributed by atoms with Crippen molar-refractivity contribution in [1.82, 2.24) is 0 Å². The monoisotopic (exact) mass is 166 g/mol. The maximum Gasteiger partial charge on any atom is 0.307 e. The molecule has 2 bridgehead atoms. The van der Waals surface area contributed by atoms with E-state index in [1.807, 2.05) is 0 Å². The van der Waals surface area contributed by atoms with E-state index < -0.39 is 5.97 Å². The van der Waals surface area contributed by atoms with Crippen molar-refractivity contribution in [3.05, 3.63) is 0 Å². The number of aliphatic carboxylic acids is 1. The Kier molecular flexibility index (Phi) is 1.07. The van der Waals surface area contributed by atoms with Gasteiger partial charge in [-0.05, 0) is 42.9 Å². The Balaban J connectivity index is 1.84. The van der Waals surface area contributed by atoms with Gasteiger partial charge in [0.2, 0.25) is 0 Å². The molecule has 0 heterocycles. The topological polar surface area (TPSA) is 37.3 Å². The van der Waals surface area contributed by atoms with E-state index >= 15 is 0 Å². The second-order valence-corrected chi connectivity index (χ2v) is 4.91. The van der Waals surface area contributed by atoms with Gasteiger partial charge in [0.25, 0.3) is 0 Å². The van der Waals surface area contributed by atoms with Gasteiger partial charge in [-0.1, -0.05) is 6.42 Å². The predicted molar refractivity (Wildman–Crippen MR) is 43.6 cm³/mol. The van der Waals surface area contributed by atoms with E-state index in [-0.39, 0.29) is 5.92 Å². The van der Waals surface area contributed by atoms with E-state index in [4.69, 9.17) is 5.11 Å². The van der Waals surface area contributed by atoms with E-state index in [2.05, 4.69) is 0 Å². The van der Waals surface area contributed by atoms with Crippen LogP contribution in [0.1, 0.15) is 32.1 Å². The van der Waals surface area contributed by atoms with Gasteiger partial charge in [-0.25, -0.2) is 0 Å². The molecule has 0 saturated heterocycles. The van der Waals surface area contributed by atoms with E-state index in [0.29, 0.717) is 5.41 Å². The summed E-state index contributed by atoms with van der Waals surface area (Å²) in [4.78, 5) is 10.8. The van der Waals surface area contributed by atoms with Gasteiger partial charge in [0.05, 0.1) is 5.92 Å². The molecule has 0 aliphatic heterocycles. The number of carboxylic acid groups (broad SMARTS) is 1. The average molecular weight is 166 g/mol. The highest BCUT2D eigenvalue weighted by molar-refractivity contribution is 5.75. The van der Waals surface area contributed by atoms with Gasteiger partial charge in [0.15, 0.2) is 0 Å². The SMILES string of the molecule is O=C(O)C1CC12CC1CCC2C1. The highest BCUT2D eigenvalue weighted by atomic mass is 16.4. The third kappa shape index (κ3) is 0.644. The minimum atomic E-state index is -0.539. The van der Waals surface area contributed by atoms with Crippen LogP contribution in [0, 0.1) is 23.2 Å². The Labute approximate surface area is 72.0 Å². The molecule has 12 heavy (non-hydrogen) atoms. The molecule has 4 unspecified atom stereocenters. The van der Waals surface area contributed by atoms with E-state index in [0.717, 1.165) is 18.3 Å². The van der Waals surface area contributed by atoms with Crippen molar-refractivity contribution < 1.29 is 9.90 Å². The van der Waals surface area contributed by atoms with Gasteiger partial charge >= 0.3 is 5.97 Å². The summed E-state index contributed by atoms with van der Waals surface area (Å²) < 4.78 is 0. The maximum absolute atomic E-state index is 10.8. The summed E-state index contributed by atoms with van der Waals surface area (Å²) in [5, 5.41) is 8.91. The molecule has 3 aliphatic carbocycles. The van der Waals surface area contributed by atoms with Crippen LogP contribution >= 0.6 is 0 Å². The van der Waals surface area contributed by atoms with Gasteiger partial charge in [-0.3, -0.25) is 4.79 Å². The van der Waals surface area contributed by atoms with Gasteiger partial charge in [-0.15, -0.1) is 0 Å². The first-order valence-electron chi connectivity index (χ1n) is 4.95. The molecule has 0 radical (unpaired) electrons. The highest BCUT2D eigenvalue weighted by Gasteiger charge is 2.67. The molecule has 0 aromatic carbocycles. The molecule has 66 valence electrons. The largest absolute Gasteiger partial charge is 0.481 e. The third-order valence-electron chi connectivity index (χ3n) is 4.44. The number of rotatable bonds is 1. The number of hydrogen-bond acceptors (Lipinski definition) is 1. The first-order chi connectivity index (χ1) is 5.72. The molecular weight excluding hydrogens is 152 g/mol. The zero-order valence-corrected chi connectivity index (χ0v) is 7.12. The van der Waals surface area contributed by atoms with Crippen LogP contribution < -0.4 is 0 Å². The van der Waals surface area contributed by atoms with Crippen LogP contribution in [0.3, 0.4) is 0 Å². The first-order valence-corrected chi connectivity index (χ1v) is 4.95. The highest BCUT2D eigenvalue weighted by Crippen LogP contribution is 2.71. The molecule has 3 saturated carbocycles. The van der Waals surface area contributed by atoms with Crippen LogP contribution in [-0.2, 0) is 4.79 Å². The molecule has 2 heteroatoms. The van der Waals surface area contributed by atoms with E-state index in [1.54, 1.807) is 0 Å². The van der Waals surface area contributed by atoms with Crippen LogP contribution in [0.4, 0.5) is 0 Å². The number of fused-ring (bicyclic) bond motifs is 3. The molecule has 0 aromatic heterocycles. The summed E-state index contributed by atoms with van der Waals surface area (Å²) in [5.74, 6) is 1.17. The lowest BCUT2D eigenvalue weighted by Gasteiger charge is -2.21. The minimum Gasteiger partial charge on any atom is -0.481 e. The second-order valence-electron chi connectivity index (χ2n) is 4.91. The Morgan fingerprint density at radius 1 is 1.33 bits per heavy atom. The molecule has 3 aliphatic rings. The summed E-state index contributed by atoms with van der Waals surface area (Å²) in [6.45, 7) is 0. The van der Waals surface area contributed by atoms with Crippen LogP contribution in [-0.4, -0.2) is 11.1 Å². The Morgan fingerprint density at radius 3 is 2.58 bits per heavy atom.